The molecule has 1 aliphatic heterocycles. The fourth-order valence-corrected chi connectivity index (χ4v) is 4.27. The van der Waals surface area contributed by atoms with Crippen LogP contribution in [-0.2, 0) is 6.54 Å². The Balaban J connectivity index is 0.000000807. The Bertz CT molecular complexity index is 1050. The van der Waals surface area contributed by atoms with E-state index in [0.29, 0.717) is 17.4 Å². The third-order valence-corrected chi connectivity index (χ3v) is 5.44. The van der Waals surface area contributed by atoms with Gasteiger partial charge in [-0.25, -0.2) is 9.97 Å². The number of nitrogens with zero attached hydrogens (tertiary/aromatic N) is 5. The summed E-state index contributed by atoms with van der Waals surface area (Å²) in [7, 11) is 2.16. The number of benzene rings is 1. The zero-order chi connectivity index (χ0) is 23.3. The van der Waals surface area contributed by atoms with Crippen LogP contribution in [0.15, 0.2) is 24.3 Å². The quantitative estimate of drug-likeness (QED) is 0.487. The molecule has 0 aliphatic carbocycles. The first-order valence-corrected chi connectivity index (χ1v) is 11.5. The van der Waals surface area contributed by atoms with Crippen molar-refractivity contribution in [3.63, 3.8) is 0 Å². The zero-order valence-corrected chi connectivity index (χ0v) is 20.6. The molecule has 0 spiro atoms. The van der Waals surface area contributed by atoms with E-state index in [9.17, 15) is 5.26 Å². The molecule has 3 aromatic rings. The minimum atomic E-state index is 0.330. The highest BCUT2D eigenvalue weighted by atomic mass is 15.2. The average Bonchev–Trinajstić information content (AvgIpc) is 3.11. The maximum Gasteiger partial charge on any atom is 0.234 e. The van der Waals surface area contributed by atoms with Gasteiger partial charge in [-0.05, 0) is 38.1 Å². The summed E-state index contributed by atoms with van der Waals surface area (Å²) in [4.78, 5) is 12.4. The molecule has 1 aliphatic rings. The number of hydrogen-bond acceptors (Lipinski definition) is 4. The predicted molar refractivity (Wildman–Crippen MR) is 130 cm³/mol. The van der Waals surface area contributed by atoms with Crippen molar-refractivity contribution in [1.82, 2.24) is 19.4 Å². The summed E-state index contributed by atoms with van der Waals surface area (Å²) in [6.45, 7) is 18.6. The number of fused-ring (bicyclic) bond motifs is 2. The number of hydrogen-bond donors (Lipinski definition) is 0. The van der Waals surface area contributed by atoms with Crippen LogP contribution in [0.4, 0.5) is 0 Å². The molecule has 2 aromatic heterocycles. The van der Waals surface area contributed by atoms with Gasteiger partial charge in [0.2, 0.25) is 5.95 Å². The molecule has 0 radical (unpaired) electrons. The molecule has 166 valence electrons. The van der Waals surface area contributed by atoms with Crippen molar-refractivity contribution < 1.29 is 0 Å². The average molecular weight is 420 g/mol. The van der Waals surface area contributed by atoms with Crippen molar-refractivity contribution in [3.8, 4) is 12.0 Å². The highest BCUT2D eigenvalue weighted by Gasteiger charge is 2.27. The Morgan fingerprint density at radius 3 is 2.42 bits per heavy atom. The molecule has 1 unspecified atom stereocenters. The van der Waals surface area contributed by atoms with Crippen LogP contribution in [0.5, 0.6) is 0 Å². The molecule has 4 rings (SSSR count). The van der Waals surface area contributed by atoms with Crippen LogP contribution < -0.4 is 0 Å². The van der Waals surface area contributed by atoms with Crippen molar-refractivity contribution in [2.24, 2.45) is 0 Å². The fourth-order valence-electron chi connectivity index (χ4n) is 4.27. The van der Waals surface area contributed by atoms with Gasteiger partial charge < -0.3 is 4.90 Å². The van der Waals surface area contributed by atoms with Gasteiger partial charge in [0.05, 0.1) is 28.5 Å². The van der Waals surface area contributed by atoms with Crippen LogP contribution in [0.25, 0.3) is 16.9 Å². The summed E-state index contributed by atoms with van der Waals surface area (Å²) >= 11 is 0. The summed E-state index contributed by atoms with van der Waals surface area (Å²) in [5.41, 5.74) is 6.29. The predicted octanol–water partition coefficient (Wildman–Crippen LogP) is 6.33. The molecular weight excluding hydrogens is 382 g/mol. The molecule has 0 bridgehead atoms. The van der Waals surface area contributed by atoms with Gasteiger partial charge in [-0.3, -0.25) is 4.57 Å². The van der Waals surface area contributed by atoms with E-state index in [0.717, 1.165) is 41.3 Å². The second kappa shape index (κ2) is 10.5. The minimum Gasteiger partial charge on any atom is -0.301 e. The molecule has 0 amide bonds. The van der Waals surface area contributed by atoms with E-state index < -0.39 is 0 Å². The van der Waals surface area contributed by atoms with Crippen molar-refractivity contribution in [2.45, 2.75) is 73.8 Å². The second-order valence-corrected chi connectivity index (χ2v) is 8.00. The van der Waals surface area contributed by atoms with Gasteiger partial charge in [0.25, 0.3) is 0 Å². The lowest BCUT2D eigenvalue weighted by Gasteiger charge is -2.31. The zero-order valence-electron chi connectivity index (χ0n) is 20.6. The maximum absolute atomic E-state index is 9.45. The molecule has 5 nitrogen and oxygen atoms in total. The van der Waals surface area contributed by atoms with Gasteiger partial charge in [0, 0.05) is 35.7 Å². The Labute approximate surface area is 187 Å². The van der Waals surface area contributed by atoms with E-state index in [-0.39, 0.29) is 0 Å². The minimum absolute atomic E-state index is 0.330. The number of aryl methyl sites for hydroxylation is 1. The lowest BCUT2D eigenvalue weighted by atomic mass is 9.92. The molecule has 31 heavy (non-hydrogen) atoms. The van der Waals surface area contributed by atoms with Crippen LogP contribution in [-0.4, -0.2) is 33.0 Å². The Hall–Kier alpha value is -2.71. The SMILES string of the molecule is CC.CC.Cc1cc2c(C#N)cccc2n1-c1nc(C(C)C)c2c(n1)C(C)CN(C)C2. The van der Waals surface area contributed by atoms with E-state index in [2.05, 4.69) is 56.3 Å². The van der Waals surface area contributed by atoms with Gasteiger partial charge >= 0.3 is 0 Å². The van der Waals surface area contributed by atoms with Crippen molar-refractivity contribution >= 4 is 10.9 Å². The third kappa shape index (κ3) is 4.65. The molecular formula is C26H37N5. The first-order valence-electron chi connectivity index (χ1n) is 11.5. The Morgan fingerprint density at radius 1 is 1.13 bits per heavy atom. The van der Waals surface area contributed by atoms with Crippen LogP contribution in [0.3, 0.4) is 0 Å². The molecule has 0 N–H and O–H groups in total. The van der Waals surface area contributed by atoms with Crippen LogP contribution in [0, 0.1) is 18.3 Å². The highest BCUT2D eigenvalue weighted by molar-refractivity contribution is 5.88. The van der Waals surface area contributed by atoms with E-state index in [4.69, 9.17) is 9.97 Å². The molecule has 3 heterocycles. The number of aromatic nitrogens is 3. The Morgan fingerprint density at radius 2 is 1.81 bits per heavy atom. The molecule has 0 saturated heterocycles. The standard InChI is InChI=1S/C22H25N5.2C2H6/c1-13(2)20-18-12-26(5)11-14(3)21(18)25-22(24-20)27-15(4)9-17-16(10-23)7-6-8-19(17)27;2*1-2/h6-9,13-14H,11-12H2,1-5H3;2*1-2H3. The second-order valence-electron chi connectivity index (χ2n) is 8.00. The molecule has 0 fully saturated rings. The monoisotopic (exact) mass is 419 g/mol. The number of likely N-dealkylation sites (N-methyl/N-ethyl adjacent to an activating group) is 1. The van der Waals surface area contributed by atoms with Crippen LogP contribution in [0.1, 0.15) is 88.5 Å². The van der Waals surface area contributed by atoms with Crippen LogP contribution in [0.2, 0.25) is 0 Å². The van der Waals surface area contributed by atoms with E-state index in [1.165, 1.54) is 11.3 Å². The fraction of sp³-hybridized carbons (Fsp3) is 0.500. The van der Waals surface area contributed by atoms with Gasteiger partial charge in [-0.15, -0.1) is 0 Å². The van der Waals surface area contributed by atoms with E-state index in [1.54, 1.807) is 0 Å². The summed E-state index contributed by atoms with van der Waals surface area (Å²) in [5.74, 6) is 1.42. The van der Waals surface area contributed by atoms with Crippen molar-refractivity contribution in [3.05, 3.63) is 52.5 Å². The topological polar surface area (TPSA) is 57.7 Å². The molecule has 0 saturated carbocycles. The number of nitriles is 1. The number of rotatable bonds is 2. The molecule has 1 atom stereocenters. The largest absolute Gasteiger partial charge is 0.301 e. The normalized spacial score (nSPS) is 15.5. The third-order valence-electron chi connectivity index (χ3n) is 5.44. The van der Waals surface area contributed by atoms with Gasteiger partial charge in [-0.2, -0.15) is 5.26 Å². The maximum atomic E-state index is 9.45. The van der Waals surface area contributed by atoms with Gasteiger partial charge in [0.1, 0.15) is 0 Å². The summed E-state index contributed by atoms with van der Waals surface area (Å²) in [5, 5.41) is 10.4. The first kappa shape index (κ1) is 24.6. The van der Waals surface area contributed by atoms with Crippen LogP contribution >= 0.6 is 0 Å². The van der Waals surface area contributed by atoms with E-state index in [1.807, 2.05) is 45.9 Å². The summed E-state index contributed by atoms with van der Waals surface area (Å²) in [6, 6.07) is 10.2. The van der Waals surface area contributed by atoms with Gasteiger partial charge in [0.15, 0.2) is 0 Å². The van der Waals surface area contributed by atoms with E-state index >= 15 is 0 Å². The van der Waals surface area contributed by atoms with Crippen molar-refractivity contribution in [1.29, 1.82) is 5.26 Å². The highest BCUT2D eigenvalue weighted by Crippen LogP contribution is 2.33. The molecule has 1 aromatic carbocycles. The van der Waals surface area contributed by atoms with Gasteiger partial charge in [-0.1, -0.05) is 54.5 Å². The summed E-state index contributed by atoms with van der Waals surface area (Å²) < 4.78 is 2.09. The Kier molecular flexibility index (Phi) is 8.36. The first-order chi connectivity index (χ1) is 14.9. The lowest BCUT2D eigenvalue weighted by Crippen LogP contribution is -2.32. The van der Waals surface area contributed by atoms with Crippen molar-refractivity contribution in [2.75, 3.05) is 13.6 Å². The summed E-state index contributed by atoms with van der Waals surface area (Å²) in [6.07, 6.45) is 0. The smallest absolute Gasteiger partial charge is 0.234 e. The molecule has 5 heteroatoms. The lowest BCUT2D eigenvalue weighted by molar-refractivity contribution is 0.281.